The number of fused-ring (bicyclic) bond motifs is 1. The number of carbonyl (C=O) groups excluding carboxylic acids is 1. The van der Waals surface area contributed by atoms with Crippen molar-refractivity contribution in [1.29, 1.82) is 0 Å². The van der Waals surface area contributed by atoms with E-state index in [9.17, 15) is 9.18 Å². The summed E-state index contributed by atoms with van der Waals surface area (Å²) < 4.78 is 24.5. The van der Waals surface area contributed by atoms with Crippen LogP contribution in [0.4, 0.5) is 4.39 Å². The zero-order valence-corrected chi connectivity index (χ0v) is 14.6. The van der Waals surface area contributed by atoms with Gasteiger partial charge in [0.25, 0.3) is 5.91 Å². The van der Waals surface area contributed by atoms with Gasteiger partial charge in [-0.25, -0.2) is 4.39 Å². The largest absolute Gasteiger partial charge is 0.451 e. The second-order valence-corrected chi connectivity index (χ2v) is 6.98. The summed E-state index contributed by atoms with van der Waals surface area (Å²) >= 11 is 0. The third-order valence-corrected chi connectivity index (χ3v) is 5.16. The standard InChI is InChI=1S/C20H23FN2O3/c21-15-6-4-14(5-7-15)18-8-9-19(26-18)20(24)22-11-17-12-23-10-2-1-3-16(23)13-25-17/h4-9,16-17H,1-3,10-13H2,(H,22,24)/t16-,17+/m1/s1. The Morgan fingerprint density at radius 3 is 2.88 bits per heavy atom. The van der Waals surface area contributed by atoms with E-state index in [4.69, 9.17) is 9.15 Å². The van der Waals surface area contributed by atoms with Crippen molar-refractivity contribution in [3.05, 3.63) is 48.0 Å². The third kappa shape index (κ3) is 3.81. The van der Waals surface area contributed by atoms with E-state index in [2.05, 4.69) is 10.2 Å². The van der Waals surface area contributed by atoms with Crippen LogP contribution in [0.5, 0.6) is 0 Å². The molecule has 1 aromatic carbocycles. The van der Waals surface area contributed by atoms with Crippen LogP contribution in [-0.2, 0) is 4.74 Å². The molecule has 0 bridgehead atoms. The molecule has 2 atom stereocenters. The van der Waals surface area contributed by atoms with Crippen LogP contribution in [0.2, 0.25) is 0 Å². The summed E-state index contributed by atoms with van der Waals surface area (Å²) in [4.78, 5) is 14.8. The van der Waals surface area contributed by atoms with E-state index in [1.807, 2.05) is 0 Å². The molecule has 6 heteroatoms. The lowest BCUT2D eigenvalue weighted by Gasteiger charge is -2.42. The fourth-order valence-corrected chi connectivity index (χ4v) is 3.70. The fraction of sp³-hybridized carbons (Fsp3) is 0.450. The van der Waals surface area contributed by atoms with E-state index >= 15 is 0 Å². The highest BCUT2D eigenvalue weighted by atomic mass is 19.1. The molecule has 2 aliphatic rings. The highest BCUT2D eigenvalue weighted by molar-refractivity contribution is 5.92. The molecule has 0 saturated carbocycles. The molecular weight excluding hydrogens is 335 g/mol. The lowest BCUT2D eigenvalue weighted by Crippen LogP contribution is -2.54. The Kier molecular flexibility index (Phi) is 5.04. The quantitative estimate of drug-likeness (QED) is 0.913. The molecule has 138 valence electrons. The zero-order chi connectivity index (χ0) is 17.9. The molecule has 26 heavy (non-hydrogen) atoms. The van der Waals surface area contributed by atoms with Crippen LogP contribution in [0.1, 0.15) is 29.8 Å². The summed E-state index contributed by atoms with van der Waals surface area (Å²) in [5.41, 5.74) is 0.734. The number of rotatable bonds is 4. The number of halogens is 1. The van der Waals surface area contributed by atoms with Gasteiger partial charge in [0.05, 0.1) is 12.7 Å². The number of piperidine rings is 1. The van der Waals surface area contributed by atoms with E-state index in [-0.39, 0.29) is 23.6 Å². The third-order valence-electron chi connectivity index (χ3n) is 5.16. The normalized spacial score (nSPS) is 23.4. The fourth-order valence-electron chi connectivity index (χ4n) is 3.70. The van der Waals surface area contributed by atoms with Crippen molar-refractivity contribution in [1.82, 2.24) is 10.2 Å². The summed E-state index contributed by atoms with van der Waals surface area (Å²) in [7, 11) is 0. The number of amides is 1. The smallest absolute Gasteiger partial charge is 0.287 e. The summed E-state index contributed by atoms with van der Waals surface area (Å²) in [6, 6.07) is 9.88. The molecule has 4 rings (SSSR count). The van der Waals surface area contributed by atoms with Gasteiger partial charge < -0.3 is 14.5 Å². The lowest BCUT2D eigenvalue weighted by molar-refractivity contribution is -0.0726. The van der Waals surface area contributed by atoms with E-state index in [1.165, 1.54) is 31.4 Å². The number of morpholine rings is 1. The van der Waals surface area contributed by atoms with Gasteiger partial charge >= 0.3 is 0 Å². The molecule has 2 saturated heterocycles. The summed E-state index contributed by atoms with van der Waals surface area (Å²) in [5.74, 6) is 0.223. The van der Waals surface area contributed by atoms with Crippen LogP contribution in [0.15, 0.2) is 40.8 Å². The molecule has 5 nitrogen and oxygen atoms in total. The van der Waals surface area contributed by atoms with Crippen LogP contribution in [-0.4, -0.2) is 49.2 Å². The SMILES string of the molecule is O=C(NC[C@H]1CN2CCCC[C@@H]2CO1)c1ccc(-c2ccc(F)cc2)o1. The molecule has 2 aliphatic heterocycles. The minimum Gasteiger partial charge on any atom is -0.451 e. The highest BCUT2D eigenvalue weighted by Crippen LogP contribution is 2.23. The van der Waals surface area contributed by atoms with Gasteiger partial charge in [-0.2, -0.15) is 0 Å². The number of hydrogen-bond donors (Lipinski definition) is 1. The Balaban J connectivity index is 1.32. The first-order chi connectivity index (χ1) is 12.7. The molecule has 2 aromatic rings. The van der Waals surface area contributed by atoms with Crippen LogP contribution < -0.4 is 5.32 Å². The van der Waals surface area contributed by atoms with Gasteiger partial charge in [0.1, 0.15) is 11.6 Å². The average Bonchev–Trinajstić information content (AvgIpc) is 3.17. The predicted molar refractivity (Wildman–Crippen MR) is 95.4 cm³/mol. The van der Waals surface area contributed by atoms with Gasteiger partial charge in [0.2, 0.25) is 0 Å². The van der Waals surface area contributed by atoms with Gasteiger partial charge in [-0.3, -0.25) is 9.69 Å². The molecular formula is C20H23FN2O3. The van der Waals surface area contributed by atoms with Crippen LogP contribution in [0.25, 0.3) is 11.3 Å². The van der Waals surface area contributed by atoms with Crippen molar-refractivity contribution in [2.75, 3.05) is 26.2 Å². The van der Waals surface area contributed by atoms with Crippen molar-refractivity contribution in [2.45, 2.75) is 31.4 Å². The maximum atomic E-state index is 13.0. The van der Waals surface area contributed by atoms with Crippen molar-refractivity contribution >= 4 is 5.91 Å². The lowest BCUT2D eigenvalue weighted by atomic mass is 10.0. The second-order valence-electron chi connectivity index (χ2n) is 6.98. The van der Waals surface area contributed by atoms with E-state index in [0.717, 1.165) is 25.3 Å². The molecule has 0 radical (unpaired) electrons. The minimum atomic E-state index is -0.304. The Morgan fingerprint density at radius 1 is 1.19 bits per heavy atom. The Bertz CT molecular complexity index is 759. The van der Waals surface area contributed by atoms with Gasteiger partial charge in [-0.15, -0.1) is 0 Å². The topological polar surface area (TPSA) is 54.7 Å². The molecule has 1 aromatic heterocycles. The molecule has 2 fully saturated rings. The molecule has 0 unspecified atom stereocenters. The van der Waals surface area contributed by atoms with Crippen molar-refractivity contribution in [2.24, 2.45) is 0 Å². The number of nitrogens with one attached hydrogen (secondary N) is 1. The number of benzene rings is 1. The number of furan rings is 1. The molecule has 0 spiro atoms. The minimum absolute atomic E-state index is 0.0137. The summed E-state index contributed by atoms with van der Waals surface area (Å²) in [6.07, 6.45) is 3.74. The summed E-state index contributed by atoms with van der Waals surface area (Å²) in [6.45, 7) is 3.20. The van der Waals surface area contributed by atoms with Crippen LogP contribution in [0.3, 0.4) is 0 Å². The molecule has 0 aliphatic carbocycles. The van der Waals surface area contributed by atoms with Gasteiger partial charge in [-0.1, -0.05) is 6.42 Å². The first-order valence-corrected chi connectivity index (χ1v) is 9.18. The second kappa shape index (κ2) is 7.60. The Labute approximate surface area is 152 Å². The van der Waals surface area contributed by atoms with E-state index < -0.39 is 0 Å². The number of nitrogens with zero attached hydrogens (tertiary/aromatic N) is 1. The van der Waals surface area contributed by atoms with Crippen LogP contribution >= 0.6 is 0 Å². The molecule has 3 heterocycles. The monoisotopic (exact) mass is 358 g/mol. The van der Waals surface area contributed by atoms with Gasteiger partial charge in [-0.05, 0) is 55.8 Å². The highest BCUT2D eigenvalue weighted by Gasteiger charge is 2.30. The maximum absolute atomic E-state index is 13.0. The van der Waals surface area contributed by atoms with Crippen LogP contribution in [0, 0.1) is 5.82 Å². The van der Waals surface area contributed by atoms with Crippen molar-refractivity contribution in [3.63, 3.8) is 0 Å². The molecule has 1 N–H and O–H groups in total. The van der Waals surface area contributed by atoms with Crippen molar-refractivity contribution in [3.8, 4) is 11.3 Å². The number of ether oxygens (including phenoxy) is 1. The van der Waals surface area contributed by atoms with Gasteiger partial charge in [0.15, 0.2) is 5.76 Å². The average molecular weight is 358 g/mol. The first-order valence-electron chi connectivity index (χ1n) is 9.18. The number of carbonyl (C=O) groups is 1. The summed E-state index contributed by atoms with van der Waals surface area (Å²) in [5, 5.41) is 2.89. The van der Waals surface area contributed by atoms with E-state index in [0.29, 0.717) is 18.3 Å². The first kappa shape index (κ1) is 17.2. The number of hydrogen-bond acceptors (Lipinski definition) is 4. The van der Waals surface area contributed by atoms with E-state index in [1.54, 1.807) is 24.3 Å². The Hall–Kier alpha value is -2.18. The maximum Gasteiger partial charge on any atom is 0.287 e. The van der Waals surface area contributed by atoms with Crippen molar-refractivity contribution < 1.29 is 18.3 Å². The Morgan fingerprint density at radius 2 is 2.04 bits per heavy atom. The van der Waals surface area contributed by atoms with Gasteiger partial charge in [0, 0.05) is 24.7 Å². The predicted octanol–water partition coefficient (Wildman–Crippen LogP) is 3.07. The zero-order valence-electron chi connectivity index (χ0n) is 14.6. The molecule has 1 amide bonds.